The summed E-state index contributed by atoms with van der Waals surface area (Å²) in [6.45, 7) is 5.68. The van der Waals surface area contributed by atoms with Gasteiger partial charge < -0.3 is 9.47 Å². The molecule has 33 heavy (non-hydrogen) atoms. The molecule has 2 aromatic carbocycles. The molecule has 4 heteroatoms. The number of nitrogens with zero attached hydrogens (tertiary/aromatic N) is 1. The van der Waals surface area contributed by atoms with Gasteiger partial charge in [-0.15, -0.1) is 0 Å². The van der Waals surface area contributed by atoms with Crippen LogP contribution in [0.15, 0.2) is 36.4 Å². The van der Waals surface area contributed by atoms with Gasteiger partial charge in [-0.25, -0.2) is 9.37 Å². The number of fused-ring (bicyclic) bond motifs is 3. The average Bonchev–Trinajstić information content (AvgIpc) is 2.83. The number of hydrogen-bond acceptors (Lipinski definition) is 3. The van der Waals surface area contributed by atoms with Gasteiger partial charge in [0.1, 0.15) is 0 Å². The summed E-state index contributed by atoms with van der Waals surface area (Å²) >= 11 is 0. The van der Waals surface area contributed by atoms with Gasteiger partial charge in [-0.2, -0.15) is 0 Å². The molecule has 1 heterocycles. The molecule has 3 rings (SSSR count). The quantitative estimate of drug-likeness (QED) is 0.160. The molecule has 0 N–H and O–H groups in total. The zero-order valence-corrected chi connectivity index (χ0v) is 20.5. The molecule has 0 aliphatic rings. The van der Waals surface area contributed by atoms with Crippen molar-refractivity contribution in [1.82, 2.24) is 4.98 Å². The highest BCUT2D eigenvalue weighted by molar-refractivity contribution is 6.06. The van der Waals surface area contributed by atoms with Crippen molar-refractivity contribution < 1.29 is 13.9 Å². The number of unbranched alkanes of at least 4 members (excludes halogenated alkanes) is 10. The standard InChI is InChI=1S/C29H40FNO2/c1-3-5-7-9-10-11-12-14-21-32-27-19-16-23-24-17-20-28(33-22-13-8-6-4-2)31-26(24)18-15-25(23)29(27)30/h15-20H,3-14,21-22H2,1-2H3. The van der Waals surface area contributed by atoms with Crippen molar-refractivity contribution in [2.75, 3.05) is 13.2 Å². The van der Waals surface area contributed by atoms with Crippen LogP contribution >= 0.6 is 0 Å². The minimum Gasteiger partial charge on any atom is -0.490 e. The van der Waals surface area contributed by atoms with Crippen molar-refractivity contribution in [3.8, 4) is 11.6 Å². The van der Waals surface area contributed by atoms with Gasteiger partial charge in [-0.1, -0.05) is 78.1 Å². The fraction of sp³-hybridized carbons (Fsp3) is 0.552. The number of benzene rings is 2. The van der Waals surface area contributed by atoms with Crippen LogP contribution in [0.4, 0.5) is 4.39 Å². The van der Waals surface area contributed by atoms with Crippen molar-refractivity contribution in [2.24, 2.45) is 0 Å². The first-order chi connectivity index (χ1) is 16.2. The molecule has 0 aliphatic carbocycles. The van der Waals surface area contributed by atoms with Gasteiger partial charge in [0.15, 0.2) is 11.6 Å². The number of ether oxygens (including phenoxy) is 2. The Morgan fingerprint density at radius 2 is 1.18 bits per heavy atom. The number of pyridine rings is 1. The minimum absolute atomic E-state index is 0.287. The monoisotopic (exact) mass is 453 g/mol. The Morgan fingerprint density at radius 3 is 1.91 bits per heavy atom. The summed E-state index contributed by atoms with van der Waals surface area (Å²) in [5.74, 6) is 0.680. The lowest BCUT2D eigenvalue weighted by Crippen LogP contribution is -2.00. The molecule has 0 atom stereocenters. The van der Waals surface area contributed by atoms with E-state index in [0.717, 1.165) is 35.6 Å². The fourth-order valence-corrected chi connectivity index (χ4v) is 4.26. The van der Waals surface area contributed by atoms with Gasteiger partial charge >= 0.3 is 0 Å². The molecule has 0 saturated carbocycles. The predicted molar refractivity (Wildman–Crippen MR) is 137 cm³/mol. The molecule has 3 aromatic rings. The molecule has 0 amide bonds. The maximum atomic E-state index is 15.1. The SMILES string of the molecule is CCCCCCCCCCOc1ccc2c(ccc3nc(OCCCCCC)ccc32)c1F. The third-order valence-corrected chi connectivity index (χ3v) is 6.24. The van der Waals surface area contributed by atoms with E-state index in [2.05, 4.69) is 18.8 Å². The predicted octanol–water partition coefficient (Wildman–Crippen LogP) is 9.01. The van der Waals surface area contributed by atoms with Crippen LogP contribution in [0.5, 0.6) is 11.6 Å². The largest absolute Gasteiger partial charge is 0.490 e. The summed E-state index contributed by atoms with van der Waals surface area (Å²) in [7, 11) is 0. The second-order valence-corrected chi connectivity index (χ2v) is 8.99. The van der Waals surface area contributed by atoms with E-state index in [1.165, 1.54) is 57.8 Å². The van der Waals surface area contributed by atoms with Crippen molar-refractivity contribution in [1.29, 1.82) is 0 Å². The fourth-order valence-electron chi connectivity index (χ4n) is 4.26. The summed E-state index contributed by atoms with van der Waals surface area (Å²) in [6.07, 6.45) is 14.6. The number of aromatic nitrogens is 1. The van der Waals surface area contributed by atoms with Crippen LogP contribution in [-0.4, -0.2) is 18.2 Å². The number of halogens is 1. The highest BCUT2D eigenvalue weighted by atomic mass is 19.1. The summed E-state index contributed by atoms with van der Waals surface area (Å²) in [6, 6.07) is 11.2. The van der Waals surface area contributed by atoms with E-state index < -0.39 is 0 Å². The van der Waals surface area contributed by atoms with Crippen LogP contribution in [0.25, 0.3) is 21.7 Å². The lowest BCUT2D eigenvalue weighted by atomic mass is 10.0. The van der Waals surface area contributed by atoms with Crippen molar-refractivity contribution in [3.05, 3.63) is 42.2 Å². The first-order valence-corrected chi connectivity index (χ1v) is 13.0. The minimum atomic E-state index is -0.287. The van der Waals surface area contributed by atoms with Gasteiger partial charge in [0, 0.05) is 16.8 Å². The highest BCUT2D eigenvalue weighted by Crippen LogP contribution is 2.32. The van der Waals surface area contributed by atoms with Crippen LogP contribution in [0, 0.1) is 5.82 Å². The third kappa shape index (κ3) is 7.58. The first kappa shape index (κ1) is 25.3. The molecule has 0 fully saturated rings. The molecule has 180 valence electrons. The van der Waals surface area contributed by atoms with Gasteiger partial charge in [0.25, 0.3) is 0 Å². The van der Waals surface area contributed by atoms with E-state index in [1.807, 2.05) is 24.3 Å². The Hall–Kier alpha value is -2.36. The van der Waals surface area contributed by atoms with Gasteiger partial charge in [0.05, 0.1) is 18.7 Å². The molecular formula is C29H40FNO2. The maximum Gasteiger partial charge on any atom is 0.213 e. The molecule has 0 radical (unpaired) electrons. The second kappa shape index (κ2) is 14.0. The number of rotatable bonds is 16. The average molecular weight is 454 g/mol. The van der Waals surface area contributed by atoms with Crippen molar-refractivity contribution in [2.45, 2.75) is 90.9 Å². The Labute approximate surface area is 198 Å². The second-order valence-electron chi connectivity index (χ2n) is 8.99. The molecule has 1 aromatic heterocycles. The van der Waals surface area contributed by atoms with Crippen LogP contribution in [0.2, 0.25) is 0 Å². The maximum absolute atomic E-state index is 15.1. The molecule has 0 spiro atoms. The Balaban J connectivity index is 1.55. The van der Waals surface area contributed by atoms with Crippen LogP contribution in [0.1, 0.15) is 90.9 Å². The molecule has 0 unspecified atom stereocenters. The Morgan fingerprint density at radius 1 is 0.606 bits per heavy atom. The zero-order valence-electron chi connectivity index (χ0n) is 20.5. The number of hydrogen-bond donors (Lipinski definition) is 0. The normalized spacial score (nSPS) is 11.4. The Kier molecular flexibility index (Phi) is 10.7. The molecular weight excluding hydrogens is 413 g/mol. The zero-order chi connectivity index (χ0) is 23.3. The van der Waals surface area contributed by atoms with Crippen LogP contribution < -0.4 is 9.47 Å². The lowest BCUT2D eigenvalue weighted by Gasteiger charge is -2.11. The van der Waals surface area contributed by atoms with Crippen molar-refractivity contribution >= 4 is 21.7 Å². The molecule has 0 bridgehead atoms. The van der Waals surface area contributed by atoms with E-state index in [0.29, 0.717) is 30.2 Å². The summed E-state index contributed by atoms with van der Waals surface area (Å²) in [5.41, 5.74) is 0.820. The lowest BCUT2D eigenvalue weighted by molar-refractivity contribution is 0.291. The van der Waals surface area contributed by atoms with Gasteiger partial charge in [-0.05, 0) is 48.6 Å². The first-order valence-electron chi connectivity index (χ1n) is 13.0. The highest BCUT2D eigenvalue weighted by Gasteiger charge is 2.12. The van der Waals surface area contributed by atoms with E-state index in [4.69, 9.17) is 9.47 Å². The van der Waals surface area contributed by atoms with E-state index in [1.54, 1.807) is 12.1 Å². The molecule has 3 nitrogen and oxygen atoms in total. The van der Waals surface area contributed by atoms with Gasteiger partial charge in [0.2, 0.25) is 5.88 Å². The molecule has 0 aliphatic heterocycles. The van der Waals surface area contributed by atoms with Gasteiger partial charge in [-0.3, -0.25) is 0 Å². The summed E-state index contributed by atoms with van der Waals surface area (Å²) < 4.78 is 26.7. The van der Waals surface area contributed by atoms with E-state index in [-0.39, 0.29) is 5.82 Å². The van der Waals surface area contributed by atoms with Crippen molar-refractivity contribution in [3.63, 3.8) is 0 Å². The van der Waals surface area contributed by atoms with E-state index >= 15 is 4.39 Å². The Bertz CT molecular complexity index is 988. The van der Waals surface area contributed by atoms with E-state index in [9.17, 15) is 0 Å². The van der Waals surface area contributed by atoms with Crippen LogP contribution in [-0.2, 0) is 0 Å². The molecule has 0 saturated heterocycles. The topological polar surface area (TPSA) is 31.4 Å². The van der Waals surface area contributed by atoms with Crippen LogP contribution in [0.3, 0.4) is 0 Å². The smallest absolute Gasteiger partial charge is 0.213 e. The summed E-state index contributed by atoms with van der Waals surface area (Å²) in [5, 5.41) is 2.36. The summed E-state index contributed by atoms with van der Waals surface area (Å²) in [4.78, 5) is 4.62. The third-order valence-electron chi connectivity index (χ3n) is 6.24.